The fourth-order valence-corrected chi connectivity index (χ4v) is 2.42. The third kappa shape index (κ3) is 3.57. The zero-order valence-electron chi connectivity index (χ0n) is 12.5. The van der Waals surface area contributed by atoms with Gasteiger partial charge in [0.25, 0.3) is 0 Å². The van der Waals surface area contributed by atoms with E-state index >= 15 is 0 Å². The SMILES string of the molecule is CC/C=C(\OC)C(c1ccc(N)cc1)c1ccc(N)cc1. The molecule has 2 aromatic rings. The number of benzene rings is 2. The van der Waals surface area contributed by atoms with E-state index in [1.165, 1.54) is 0 Å². The van der Waals surface area contributed by atoms with Crippen LogP contribution in [0.2, 0.25) is 0 Å². The summed E-state index contributed by atoms with van der Waals surface area (Å²) in [6.07, 6.45) is 3.03. The topological polar surface area (TPSA) is 61.3 Å². The summed E-state index contributed by atoms with van der Waals surface area (Å²) in [4.78, 5) is 0. The van der Waals surface area contributed by atoms with Crippen molar-refractivity contribution in [1.29, 1.82) is 0 Å². The minimum atomic E-state index is 0.0520. The maximum atomic E-state index is 5.79. The minimum Gasteiger partial charge on any atom is -0.500 e. The Morgan fingerprint density at radius 2 is 1.38 bits per heavy atom. The highest BCUT2D eigenvalue weighted by Gasteiger charge is 2.19. The summed E-state index contributed by atoms with van der Waals surface area (Å²) in [5, 5.41) is 0. The van der Waals surface area contributed by atoms with Crippen LogP contribution in [0.3, 0.4) is 0 Å². The van der Waals surface area contributed by atoms with Gasteiger partial charge < -0.3 is 16.2 Å². The fourth-order valence-electron chi connectivity index (χ4n) is 2.42. The van der Waals surface area contributed by atoms with Gasteiger partial charge in [-0.05, 0) is 47.9 Å². The van der Waals surface area contributed by atoms with Gasteiger partial charge in [-0.1, -0.05) is 31.2 Å². The first kappa shape index (κ1) is 15.0. The molecule has 0 saturated carbocycles. The first-order valence-electron chi connectivity index (χ1n) is 7.10. The van der Waals surface area contributed by atoms with E-state index in [2.05, 4.69) is 13.0 Å². The van der Waals surface area contributed by atoms with Gasteiger partial charge in [-0.2, -0.15) is 0 Å². The van der Waals surface area contributed by atoms with Crippen LogP contribution in [0.4, 0.5) is 11.4 Å². The Balaban J connectivity index is 2.50. The van der Waals surface area contributed by atoms with Crippen LogP contribution >= 0.6 is 0 Å². The molecule has 3 nitrogen and oxygen atoms in total. The second-order valence-electron chi connectivity index (χ2n) is 4.99. The Morgan fingerprint density at radius 3 is 1.71 bits per heavy atom. The zero-order valence-corrected chi connectivity index (χ0v) is 12.5. The summed E-state index contributed by atoms with van der Waals surface area (Å²) < 4.78 is 5.62. The highest BCUT2D eigenvalue weighted by Crippen LogP contribution is 2.33. The van der Waals surface area contributed by atoms with Crippen molar-refractivity contribution >= 4 is 11.4 Å². The van der Waals surface area contributed by atoms with E-state index in [1.54, 1.807) is 7.11 Å². The summed E-state index contributed by atoms with van der Waals surface area (Å²) >= 11 is 0. The summed E-state index contributed by atoms with van der Waals surface area (Å²) in [6.45, 7) is 2.10. The number of ether oxygens (including phenoxy) is 1. The monoisotopic (exact) mass is 282 g/mol. The van der Waals surface area contributed by atoms with Crippen molar-refractivity contribution in [2.45, 2.75) is 19.3 Å². The largest absolute Gasteiger partial charge is 0.500 e. The Bertz CT molecular complexity index is 555. The van der Waals surface area contributed by atoms with Crippen LogP contribution in [-0.4, -0.2) is 7.11 Å². The Labute approximate surface area is 126 Å². The van der Waals surface area contributed by atoms with E-state index in [9.17, 15) is 0 Å². The number of nitrogens with two attached hydrogens (primary N) is 2. The summed E-state index contributed by atoms with van der Waals surface area (Å²) in [6, 6.07) is 15.8. The van der Waals surface area contributed by atoms with E-state index in [4.69, 9.17) is 16.2 Å². The smallest absolute Gasteiger partial charge is 0.103 e. The molecule has 3 heteroatoms. The summed E-state index contributed by atoms with van der Waals surface area (Å²) in [5.74, 6) is 0.989. The molecule has 0 unspecified atom stereocenters. The van der Waals surface area contributed by atoms with Crippen LogP contribution < -0.4 is 11.5 Å². The van der Waals surface area contributed by atoms with E-state index in [0.717, 1.165) is 34.7 Å². The standard InChI is InChI=1S/C18H22N2O/c1-3-4-17(21-2)18(13-5-9-15(19)10-6-13)14-7-11-16(20)12-8-14/h4-12,18H,3,19-20H2,1-2H3/b17-4-. The lowest BCUT2D eigenvalue weighted by Crippen LogP contribution is -2.07. The molecule has 0 saturated heterocycles. The average molecular weight is 282 g/mol. The molecule has 0 heterocycles. The lowest BCUT2D eigenvalue weighted by molar-refractivity contribution is 0.271. The van der Waals surface area contributed by atoms with Crippen LogP contribution in [0.25, 0.3) is 0 Å². The van der Waals surface area contributed by atoms with E-state index < -0.39 is 0 Å². The van der Waals surface area contributed by atoms with Crippen LogP contribution in [0.1, 0.15) is 30.4 Å². The molecule has 0 spiro atoms. The molecule has 4 N–H and O–H groups in total. The second kappa shape index (κ2) is 6.84. The quantitative estimate of drug-likeness (QED) is 0.645. The molecule has 0 aliphatic heterocycles. The van der Waals surface area contributed by atoms with E-state index in [1.807, 2.05) is 48.5 Å². The molecule has 0 aliphatic carbocycles. The van der Waals surface area contributed by atoms with Crippen molar-refractivity contribution in [1.82, 2.24) is 0 Å². The molecule has 0 aliphatic rings. The number of hydrogen-bond acceptors (Lipinski definition) is 3. The van der Waals surface area contributed by atoms with Crippen molar-refractivity contribution in [2.75, 3.05) is 18.6 Å². The first-order valence-corrected chi connectivity index (χ1v) is 7.10. The van der Waals surface area contributed by atoms with Gasteiger partial charge >= 0.3 is 0 Å². The Hall–Kier alpha value is -2.42. The van der Waals surface area contributed by atoms with Gasteiger partial charge in [0.05, 0.1) is 13.0 Å². The maximum Gasteiger partial charge on any atom is 0.103 e. The molecule has 0 radical (unpaired) electrons. The van der Waals surface area contributed by atoms with Crippen LogP contribution in [0.15, 0.2) is 60.4 Å². The Kier molecular flexibility index (Phi) is 4.88. The van der Waals surface area contributed by atoms with E-state index in [-0.39, 0.29) is 5.92 Å². The number of nitrogen functional groups attached to an aromatic ring is 2. The lowest BCUT2D eigenvalue weighted by atomic mass is 9.88. The van der Waals surface area contributed by atoms with Crippen LogP contribution in [0, 0.1) is 0 Å². The number of methoxy groups -OCH3 is 1. The molecule has 0 atom stereocenters. The highest BCUT2D eigenvalue weighted by molar-refractivity contribution is 5.48. The molecule has 2 rings (SSSR count). The summed E-state index contributed by atoms with van der Waals surface area (Å²) in [7, 11) is 1.71. The van der Waals surface area contributed by atoms with Gasteiger partial charge in [0.1, 0.15) is 5.76 Å². The normalized spacial score (nSPS) is 11.7. The van der Waals surface area contributed by atoms with Crippen molar-refractivity contribution in [3.05, 3.63) is 71.5 Å². The molecule has 0 amide bonds. The van der Waals surface area contributed by atoms with Crippen molar-refractivity contribution < 1.29 is 4.74 Å². The molecular weight excluding hydrogens is 260 g/mol. The molecule has 0 fully saturated rings. The van der Waals surface area contributed by atoms with Crippen molar-refractivity contribution in [3.8, 4) is 0 Å². The number of rotatable bonds is 5. The highest BCUT2D eigenvalue weighted by atomic mass is 16.5. The molecule has 2 aromatic carbocycles. The van der Waals surface area contributed by atoms with Crippen molar-refractivity contribution in [2.24, 2.45) is 0 Å². The van der Waals surface area contributed by atoms with Gasteiger partial charge in [0.15, 0.2) is 0 Å². The van der Waals surface area contributed by atoms with Gasteiger partial charge in [0, 0.05) is 11.4 Å². The predicted molar refractivity (Wildman–Crippen MR) is 88.9 cm³/mol. The second-order valence-corrected chi connectivity index (χ2v) is 4.99. The third-order valence-corrected chi connectivity index (χ3v) is 3.47. The predicted octanol–water partition coefficient (Wildman–Crippen LogP) is 3.92. The van der Waals surface area contributed by atoms with Crippen LogP contribution in [-0.2, 0) is 4.74 Å². The zero-order chi connectivity index (χ0) is 15.2. The van der Waals surface area contributed by atoms with Gasteiger partial charge in [-0.25, -0.2) is 0 Å². The molecule has 21 heavy (non-hydrogen) atoms. The average Bonchev–Trinajstić information content (AvgIpc) is 2.50. The first-order chi connectivity index (χ1) is 10.2. The van der Waals surface area contributed by atoms with Gasteiger partial charge in [-0.3, -0.25) is 0 Å². The number of hydrogen-bond donors (Lipinski definition) is 2. The van der Waals surface area contributed by atoms with Gasteiger partial charge in [-0.15, -0.1) is 0 Å². The lowest BCUT2D eigenvalue weighted by Gasteiger charge is -2.21. The maximum absolute atomic E-state index is 5.79. The number of allylic oxidation sites excluding steroid dienone is 2. The summed E-state index contributed by atoms with van der Waals surface area (Å²) in [5.41, 5.74) is 15.4. The van der Waals surface area contributed by atoms with Crippen LogP contribution in [0.5, 0.6) is 0 Å². The molecule has 110 valence electrons. The van der Waals surface area contributed by atoms with E-state index in [0.29, 0.717) is 0 Å². The Morgan fingerprint density at radius 1 is 0.952 bits per heavy atom. The molecular formula is C18H22N2O. The number of anilines is 2. The van der Waals surface area contributed by atoms with Crippen molar-refractivity contribution in [3.63, 3.8) is 0 Å². The fraction of sp³-hybridized carbons (Fsp3) is 0.222. The molecule has 0 aromatic heterocycles. The van der Waals surface area contributed by atoms with Gasteiger partial charge in [0.2, 0.25) is 0 Å². The minimum absolute atomic E-state index is 0.0520. The molecule has 0 bridgehead atoms. The third-order valence-electron chi connectivity index (χ3n) is 3.47.